The molecule has 0 heterocycles. The van der Waals surface area contributed by atoms with E-state index < -0.39 is 11.6 Å². The van der Waals surface area contributed by atoms with Crippen molar-refractivity contribution in [2.45, 2.75) is 72.0 Å². The first-order valence-electron chi connectivity index (χ1n) is 10.6. The van der Waals surface area contributed by atoms with Gasteiger partial charge in [-0.2, -0.15) is 0 Å². The number of hydrogen-bond acceptors (Lipinski definition) is 2. The van der Waals surface area contributed by atoms with Gasteiger partial charge >= 0.3 is 0 Å². The van der Waals surface area contributed by atoms with Gasteiger partial charge in [0.1, 0.15) is 6.04 Å². The molecule has 6 heteroatoms. The molecule has 0 aliphatic heterocycles. The number of carbonyl (C=O) groups is 2. The van der Waals surface area contributed by atoms with Gasteiger partial charge in [0, 0.05) is 34.1 Å². The number of hydrogen-bond donors (Lipinski definition) is 1. The summed E-state index contributed by atoms with van der Waals surface area (Å²) in [5.41, 5.74) is 2.59. The fourth-order valence-corrected chi connectivity index (χ4v) is 3.76. The zero-order valence-corrected chi connectivity index (χ0v) is 20.5. The Morgan fingerprint density at radius 2 is 1.55 bits per heavy atom. The van der Waals surface area contributed by atoms with Gasteiger partial charge < -0.3 is 10.2 Å². The van der Waals surface area contributed by atoms with E-state index in [1.165, 1.54) is 5.56 Å². The van der Waals surface area contributed by atoms with Crippen LogP contribution in [0.4, 0.5) is 0 Å². The van der Waals surface area contributed by atoms with Crippen LogP contribution in [0.3, 0.4) is 0 Å². The molecule has 0 aromatic heterocycles. The second-order valence-corrected chi connectivity index (χ2v) is 9.62. The molecule has 2 rings (SSSR count). The van der Waals surface area contributed by atoms with Crippen LogP contribution < -0.4 is 5.32 Å². The zero-order chi connectivity index (χ0) is 23.2. The Labute approximate surface area is 195 Å². The van der Waals surface area contributed by atoms with Crippen molar-refractivity contribution in [3.05, 3.63) is 69.2 Å². The average Bonchev–Trinajstić information content (AvgIpc) is 2.70. The quantitative estimate of drug-likeness (QED) is 0.536. The molecule has 0 aliphatic carbocycles. The van der Waals surface area contributed by atoms with Crippen molar-refractivity contribution in [3.63, 3.8) is 0 Å². The molecule has 0 radical (unpaired) electrons. The highest BCUT2D eigenvalue weighted by molar-refractivity contribution is 6.36. The summed E-state index contributed by atoms with van der Waals surface area (Å²) in [7, 11) is 0. The summed E-state index contributed by atoms with van der Waals surface area (Å²) < 4.78 is 0. The molecule has 0 saturated heterocycles. The predicted molar refractivity (Wildman–Crippen MR) is 129 cm³/mol. The second kappa shape index (κ2) is 11.0. The number of aryl methyl sites for hydroxylation is 2. The molecule has 0 bridgehead atoms. The van der Waals surface area contributed by atoms with Crippen molar-refractivity contribution < 1.29 is 9.59 Å². The third-order valence-electron chi connectivity index (χ3n) is 5.11. The van der Waals surface area contributed by atoms with Crippen LogP contribution in [0.5, 0.6) is 0 Å². The first-order valence-corrected chi connectivity index (χ1v) is 11.4. The van der Waals surface area contributed by atoms with Crippen molar-refractivity contribution >= 4 is 35.0 Å². The molecule has 0 saturated carbocycles. The monoisotopic (exact) mass is 462 g/mol. The average molecular weight is 463 g/mol. The third kappa shape index (κ3) is 7.55. The highest BCUT2D eigenvalue weighted by Gasteiger charge is 2.29. The third-order valence-corrected chi connectivity index (χ3v) is 5.82. The maximum absolute atomic E-state index is 13.2. The lowest BCUT2D eigenvalue weighted by molar-refractivity contribution is -0.141. The molecule has 2 aromatic rings. The number of halogens is 2. The Morgan fingerprint density at radius 3 is 2.06 bits per heavy atom. The summed E-state index contributed by atoms with van der Waals surface area (Å²) in [5.74, 6) is -0.330. The van der Waals surface area contributed by atoms with E-state index >= 15 is 0 Å². The standard InChI is InChI=1S/C25H32Cl2N2O2/c1-6-18-10-12-19(13-11-18)14-15-23(30)29(17(2)24(31)28-25(3,4)5)16-20-21(26)8-7-9-22(20)27/h7-13,17H,6,14-16H2,1-5H3,(H,28,31)/t17-/m0/s1. The van der Waals surface area contributed by atoms with Crippen LogP contribution in [0.1, 0.15) is 57.7 Å². The van der Waals surface area contributed by atoms with Gasteiger partial charge in [0.05, 0.1) is 0 Å². The second-order valence-electron chi connectivity index (χ2n) is 8.81. The van der Waals surface area contributed by atoms with E-state index in [4.69, 9.17) is 23.2 Å². The van der Waals surface area contributed by atoms with Gasteiger partial charge in [-0.25, -0.2) is 0 Å². The zero-order valence-electron chi connectivity index (χ0n) is 19.0. The molecule has 0 unspecified atom stereocenters. The van der Waals surface area contributed by atoms with Crippen LogP contribution in [0.15, 0.2) is 42.5 Å². The highest BCUT2D eigenvalue weighted by atomic mass is 35.5. The first-order chi connectivity index (χ1) is 14.5. The minimum absolute atomic E-state index is 0.118. The highest BCUT2D eigenvalue weighted by Crippen LogP contribution is 2.27. The number of rotatable bonds is 8. The molecule has 2 amide bonds. The molecule has 1 atom stereocenters. The van der Waals surface area contributed by atoms with E-state index in [1.54, 1.807) is 30.0 Å². The van der Waals surface area contributed by atoms with E-state index in [-0.39, 0.29) is 18.4 Å². The number of carbonyl (C=O) groups excluding carboxylic acids is 2. The van der Waals surface area contributed by atoms with Gasteiger partial charge in [-0.1, -0.05) is 60.5 Å². The maximum atomic E-state index is 13.2. The minimum Gasteiger partial charge on any atom is -0.350 e. The van der Waals surface area contributed by atoms with Gasteiger partial charge in [0.15, 0.2) is 0 Å². The van der Waals surface area contributed by atoms with Gasteiger partial charge in [-0.15, -0.1) is 0 Å². The van der Waals surface area contributed by atoms with Gasteiger partial charge in [0.2, 0.25) is 11.8 Å². The number of amides is 2. The largest absolute Gasteiger partial charge is 0.350 e. The van der Waals surface area contributed by atoms with Crippen molar-refractivity contribution in [1.82, 2.24) is 10.2 Å². The summed E-state index contributed by atoms with van der Waals surface area (Å²) in [5, 5.41) is 3.91. The Morgan fingerprint density at radius 1 is 1.00 bits per heavy atom. The minimum atomic E-state index is -0.665. The molecular formula is C25H32Cl2N2O2. The van der Waals surface area contributed by atoms with Crippen molar-refractivity contribution in [1.29, 1.82) is 0 Å². The van der Waals surface area contributed by atoms with Crippen LogP contribution in [-0.2, 0) is 29.0 Å². The van der Waals surface area contributed by atoms with E-state index in [2.05, 4.69) is 36.5 Å². The Kier molecular flexibility index (Phi) is 8.96. The van der Waals surface area contributed by atoms with E-state index in [0.29, 0.717) is 28.5 Å². The Hall–Kier alpha value is -2.04. The topological polar surface area (TPSA) is 49.4 Å². The summed E-state index contributed by atoms with van der Waals surface area (Å²) >= 11 is 12.7. The van der Waals surface area contributed by atoms with E-state index in [1.807, 2.05) is 20.8 Å². The SMILES string of the molecule is CCc1ccc(CCC(=O)N(Cc2c(Cl)cccc2Cl)[C@@H](C)C(=O)NC(C)(C)C)cc1. The fraction of sp³-hybridized carbons (Fsp3) is 0.440. The molecule has 1 N–H and O–H groups in total. The molecule has 2 aromatic carbocycles. The molecular weight excluding hydrogens is 431 g/mol. The molecule has 0 spiro atoms. The van der Waals surface area contributed by atoms with Gasteiger partial charge in [-0.3, -0.25) is 9.59 Å². The predicted octanol–water partition coefficient (Wildman–Crippen LogP) is 5.82. The Balaban J connectivity index is 2.22. The van der Waals surface area contributed by atoms with Crippen LogP contribution in [0, 0.1) is 0 Å². The number of benzene rings is 2. The lowest BCUT2D eigenvalue weighted by Crippen LogP contribution is -2.52. The lowest BCUT2D eigenvalue weighted by Gasteiger charge is -2.32. The first kappa shape index (κ1) is 25.2. The maximum Gasteiger partial charge on any atom is 0.242 e. The Bertz CT molecular complexity index is 884. The van der Waals surface area contributed by atoms with Crippen LogP contribution >= 0.6 is 23.2 Å². The van der Waals surface area contributed by atoms with Gasteiger partial charge in [0.25, 0.3) is 0 Å². The molecule has 168 valence electrons. The summed E-state index contributed by atoms with van der Waals surface area (Å²) in [6.07, 6.45) is 1.87. The smallest absolute Gasteiger partial charge is 0.242 e. The molecule has 0 fully saturated rings. The van der Waals surface area contributed by atoms with E-state index in [9.17, 15) is 9.59 Å². The van der Waals surface area contributed by atoms with Crippen molar-refractivity contribution in [2.75, 3.05) is 0 Å². The molecule has 4 nitrogen and oxygen atoms in total. The summed E-state index contributed by atoms with van der Waals surface area (Å²) in [6, 6.07) is 12.8. The van der Waals surface area contributed by atoms with Crippen LogP contribution in [0.25, 0.3) is 0 Å². The fourth-order valence-electron chi connectivity index (χ4n) is 3.25. The summed E-state index contributed by atoms with van der Waals surface area (Å²) in [6.45, 7) is 9.75. The van der Waals surface area contributed by atoms with Crippen LogP contribution in [-0.4, -0.2) is 28.3 Å². The molecule has 31 heavy (non-hydrogen) atoms. The summed E-state index contributed by atoms with van der Waals surface area (Å²) in [4.78, 5) is 27.6. The van der Waals surface area contributed by atoms with Crippen LogP contribution in [0.2, 0.25) is 10.0 Å². The lowest BCUT2D eigenvalue weighted by atomic mass is 10.0. The van der Waals surface area contributed by atoms with Gasteiger partial charge in [-0.05, 0) is 63.8 Å². The molecule has 0 aliphatic rings. The van der Waals surface area contributed by atoms with Crippen molar-refractivity contribution in [2.24, 2.45) is 0 Å². The number of nitrogens with zero attached hydrogens (tertiary/aromatic N) is 1. The normalized spacial score (nSPS) is 12.4. The number of nitrogens with one attached hydrogen (secondary N) is 1. The van der Waals surface area contributed by atoms with E-state index in [0.717, 1.165) is 12.0 Å². The van der Waals surface area contributed by atoms with Crippen molar-refractivity contribution in [3.8, 4) is 0 Å².